The number of aromatic nitrogens is 2. The minimum atomic E-state index is 0.204. The monoisotopic (exact) mass is 332 g/mol. The number of amides is 1. The van der Waals surface area contributed by atoms with Crippen LogP contribution in [0.5, 0.6) is 0 Å². The molecular formula is C18H28N4O2. The average molecular weight is 332 g/mol. The highest BCUT2D eigenvalue weighted by atomic mass is 16.5. The molecule has 2 fully saturated rings. The quantitative estimate of drug-likeness (QED) is 0.892. The molecule has 0 spiro atoms. The van der Waals surface area contributed by atoms with Crippen LogP contribution >= 0.6 is 0 Å². The molecule has 24 heavy (non-hydrogen) atoms. The van der Waals surface area contributed by atoms with Gasteiger partial charge in [-0.1, -0.05) is 6.92 Å². The predicted molar refractivity (Wildman–Crippen MR) is 92.9 cm³/mol. The lowest BCUT2D eigenvalue weighted by Gasteiger charge is -2.33. The van der Waals surface area contributed by atoms with Gasteiger partial charge in [-0.05, 0) is 38.0 Å². The van der Waals surface area contributed by atoms with E-state index >= 15 is 0 Å². The number of carbonyl (C=O) groups excluding carboxylic acids is 1. The van der Waals surface area contributed by atoms with E-state index in [1.165, 1.54) is 0 Å². The van der Waals surface area contributed by atoms with E-state index in [0.29, 0.717) is 18.4 Å². The molecule has 0 unspecified atom stereocenters. The predicted octanol–water partition coefficient (Wildman–Crippen LogP) is 1.94. The molecule has 1 aromatic rings. The van der Waals surface area contributed by atoms with E-state index < -0.39 is 0 Å². The van der Waals surface area contributed by atoms with Gasteiger partial charge in [-0.25, -0.2) is 9.97 Å². The zero-order valence-electron chi connectivity index (χ0n) is 14.5. The minimum Gasteiger partial charge on any atom is -0.381 e. The van der Waals surface area contributed by atoms with E-state index in [0.717, 1.165) is 69.9 Å². The van der Waals surface area contributed by atoms with E-state index in [2.05, 4.69) is 33.2 Å². The summed E-state index contributed by atoms with van der Waals surface area (Å²) in [6.45, 7) is 5.57. The Hall–Kier alpha value is -1.69. The number of ether oxygens (including phenoxy) is 1. The number of hydrogen-bond acceptors (Lipinski definition) is 5. The van der Waals surface area contributed by atoms with Crippen molar-refractivity contribution in [3.63, 3.8) is 0 Å². The first-order valence-corrected chi connectivity index (χ1v) is 9.17. The van der Waals surface area contributed by atoms with Crippen LogP contribution in [0.1, 0.15) is 44.7 Å². The fraction of sp³-hybridized carbons (Fsp3) is 0.722. The Bertz CT molecular complexity index is 538. The first kappa shape index (κ1) is 17.1. The van der Waals surface area contributed by atoms with E-state index in [1.54, 1.807) is 6.33 Å². The van der Waals surface area contributed by atoms with Crippen molar-refractivity contribution in [3.8, 4) is 0 Å². The lowest BCUT2D eigenvalue weighted by molar-refractivity contribution is -0.123. The normalized spacial score (nSPS) is 20.1. The van der Waals surface area contributed by atoms with Gasteiger partial charge < -0.3 is 15.0 Å². The van der Waals surface area contributed by atoms with Gasteiger partial charge in [0.05, 0.1) is 0 Å². The average Bonchev–Trinajstić information content (AvgIpc) is 2.63. The van der Waals surface area contributed by atoms with Crippen LogP contribution in [-0.4, -0.2) is 48.2 Å². The Morgan fingerprint density at radius 2 is 2.00 bits per heavy atom. The Morgan fingerprint density at radius 3 is 2.71 bits per heavy atom. The Kier molecular flexibility index (Phi) is 6.01. The van der Waals surface area contributed by atoms with Gasteiger partial charge in [0.2, 0.25) is 5.91 Å². The fourth-order valence-electron chi connectivity index (χ4n) is 3.51. The van der Waals surface area contributed by atoms with Gasteiger partial charge in [0, 0.05) is 50.5 Å². The first-order valence-electron chi connectivity index (χ1n) is 9.17. The molecule has 6 nitrogen and oxygen atoms in total. The van der Waals surface area contributed by atoms with Gasteiger partial charge in [-0.2, -0.15) is 0 Å². The van der Waals surface area contributed by atoms with Crippen LogP contribution in [0.15, 0.2) is 12.4 Å². The number of nitrogens with one attached hydrogen (secondary N) is 1. The number of piperidine rings is 1. The van der Waals surface area contributed by atoms with E-state index in [1.807, 2.05) is 0 Å². The number of anilines is 1. The molecule has 2 saturated heterocycles. The van der Waals surface area contributed by atoms with Crippen molar-refractivity contribution in [1.29, 1.82) is 0 Å². The molecule has 1 N–H and O–H groups in total. The highest BCUT2D eigenvalue weighted by Gasteiger charge is 2.24. The SMILES string of the molecule is CCc1cc(N2CCC(CC(=O)NC3CCOCC3)CC2)ncn1. The molecular weight excluding hydrogens is 304 g/mol. The third-order valence-electron chi connectivity index (χ3n) is 5.07. The van der Waals surface area contributed by atoms with E-state index in [-0.39, 0.29) is 5.91 Å². The second-order valence-corrected chi connectivity index (χ2v) is 6.81. The van der Waals surface area contributed by atoms with Crippen LogP contribution in [0.2, 0.25) is 0 Å². The summed E-state index contributed by atoms with van der Waals surface area (Å²) in [6.07, 6.45) is 7.21. The van der Waals surface area contributed by atoms with Crippen molar-refractivity contribution in [2.75, 3.05) is 31.2 Å². The second kappa shape index (κ2) is 8.42. The Labute approximate surface area is 144 Å². The lowest BCUT2D eigenvalue weighted by Crippen LogP contribution is -2.41. The number of hydrogen-bond donors (Lipinski definition) is 1. The highest BCUT2D eigenvalue weighted by Crippen LogP contribution is 2.24. The first-order chi connectivity index (χ1) is 11.7. The van der Waals surface area contributed by atoms with Crippen molar-refractivity contribution >= 4 is 11.7 Å². The summed E-state index contributed by atoms with van der Waals surface area (Å²) >= 11 is 0. The molecule has 0 bridgehead atoms. The molecule has 2 aliphatic heterocycles. The van der Waals surface area contributed by atoms with Gasteiger partial charge in [-0.3, -0.25) is 4.79 Å². The molecule has 0 atom stereocenters. The minimum absolute atomic E-state index is 0.204. The molecule has 2 aliphatic rings. The summed E-state index contributed by atoms with van der Waals surface area (Å²) in [5, 5.41) is 3.17. The summed E-state index contributed by atoms with van der Waals surface area (Å²) < 4.78 is 5.33. The van der Waals surface area contributed by atoms with Gasteiger partial charge in [-0.15, -0.1) is 0 Å². The lowest BCUT2D eigenvalue weighted by atomic mass is 9.93. The molecule has 6 heteroatoms. The van der Waals surface area contributed by atoms with Crippen LogP contribution in [0.25, 0.3) is 0 Å². The van der Waals surface area contributed by atoms with Crippen LogP contribution in [-0.2, 0) is 16.0 Å². The molecule has 3 rings (SSSR count). The maximum atomic E-state index is 12.2. The number of aryl methyl sites for hydroxylation is 1. The van der Waals surface area contributed by atoms with Crippen LogP contribution < -0.4 is 10.2 Å². The van der Waals surface area contributed by atoms with Crippen LogP contribution in [0.4, 0.5) is 5.82 Å². The maximum absolute atomic E-state index is 12.2. The molecule has 0 radical (unpaired) electrons. The van der Waals surface area contributed by atoms with Crippen molar-refractivity contribution in [1.82, 2.24) is 15.3 Å². The van der Waals surface area contributed by atoms with E-state index in [9.17, 15) is 4.79 Å². The van der Waals surface area contributed by atoms with Crippen LogP contribution in [0, 0.1) is 5.92 Å². The zero-order valence-corrected chi connectivity index (χ0v) is 14.5. The van der Waals surface area contributed by atoms with Gasteiger partial charge in [0.1, 0.15) is 12.1 Å². The van der Waals surface area contributed by atoms with Crippen molar-refractivity contribution in [3.05, 3.63) is 18.1 Å². The standard InChI is InChI=1S/C18H28N4O2/c1-2-15-12-17(20-13-19-15)22-7-3-14(4-8-22)11-18(23)21-16-5-9-24-10-6-16/h12-14,16H,2-11H2,1H3,(H,21,23). The van der Waals surface area contributed by atoms with Gasteiger partial charge in [0.15, 0.2) is 0 Å². The molecule has 1 aromatic heterocycles. The third kappa shape index (κ3) is 4.66. The summed E-state index contributed by atoms with van der Waals surface area (Å²) in [5.74, 6) is 1.70. The Morgan fingerprint density at radius 1 is 1.25 bits per heavy atom. The number of nitrogens with zero attached hydrogens (tertiary/aromatic N) is 3. The summed E-state index contributed by atoms with van der Waals surface area (Å²) in [4.78, 5) is 23.2. The molecule has 132 valence electrons. The van der Waals surface area contributed by atoms with Gasteiger partial charge >= 0.3 is 0 Å². The maximum Gasteiger partial charge on any atom is 0.220 e. The number of rotatable bonds is 5. The number of carbonyl (C=O) groups is 1. The fourth-order valence-corrected chi connectivity index (χ4v) is 3.51. The van der Waals surface area contributed by atoms with Crippen molar-refractivity contribution < 1.29 is 9.53 Å². The zero-order chi connectivity index (χ0) is 16.8. The summed E-state index contributed by atoms with van der Waals surface area (Å²) in [7, 11) is 0. The highest BCUT2D eigenvalue weighted by molar-refractivity contribution is 5.76. The topological polar surface area (TPSA) is 67.4 Å². The Balaban J connectivity index is 1.43. The summed E-state index contributed by atoms with van der Waals surface area (Å²) in [6, 6.07) is 2.39. The van der Waals surface area contributed by atoms with Crippen molar-refractivity contribution in [2.24, 2.45) is 5.92 Å². The summed E-state index contributed by atoms with van der Waals surface area (Å²) in [5.41, 5.74) is 1.08. The van der Waals surface area contributed by atoms with Gasteiger partial charge in [0.25, 0.3) is 0 Å². The largest absolute Gasteiger partial charge is 0.381 e. The molecule has 1 amide bonds. The second-order valence-electron chi connectivity index (χ2n) is 6.81. The molecule has 0 aromatic carbocycles. The smallest absolute Gasteiger partial charge is 0.220 e. The van der Waals surface area contributed by atoms with Crippen LogP contribution in [0.3, 0.4) is 0 Å². The third-order valence-corrected chi connectivity index (χ3v) is 5.07. The molecule has 3 heterocycles. The molecule has 0 saturated carbocycles. The van der Waals surface area contributed by atoms with Crippen molar-refractivity contribution in [2.45, 2.75) is 51.5 Å². The molecule has 0 aliphatic carbocycles. The van der Waals surface area contributed by atoms with E-state index in [4.69, 9.17) is 4.74 Å².